The van der Waals surface area contributed by atoms with Crippen LogP contribution in [0.25, 0.3) is 6.08 Å². The topological polar surface area (TPSA) is 72.8 Å². The van der Waals surface area contributed by atoms with E-state index in [1.54, 1.807) is 18.2 Å². The summed E-state index contributed by atoms with van der Waals surface area (Å²) < 4.78 is 10.3. The average molecular weight is 250 g/mol. The number of hydrogen-bond acceptors (Lipinski definition) is 4. The van der Waals surface area contributed by atoms with Gasteiger partial charge in [0.05, 0.1) is 14.2 Å². The lowest BCUT2D eigenvalue weighted by Crippen LogP contribution is -2.03. The van der Waals surface area contributed by atoms with Crippen molar-refractivity contribution in [3.8, 4) is 11.5 Å². The maximum absolute atomic E-state index is 11.2. The smallest absolute Gasteiger partial charge is 0.311 e. The van der Waals surface area contributed by atoms with Crippen molar-refractivity contribution in [3.05, 3.63) is 29.8 Å². The van der Waals surface area contributed by atoms with Gasteiger partial charge in [0.1, 0.15) is 6.42 Å². The number of carboxylic acid groups (broad SMARTS) is 1. The summed E-state index contributed by atoms with van der Waals surface area (Å²) in [4.78, 5) is 21.6. The second kappa shape index (κ2) is 6.44. The van der Waals surface area contributed by atoms with Crippen LogP contribution < -0.4 is 9.47 Å². The number of carboxylic acids is 1. The van der Waals surface area contributed by atoms with Crippen molar-refractivity contribution in [2.45, 2.75) is 6.42 Å². The Morgan fingerprint density at radius 3 is 2.56 bits per heavy atom. The van der Waals surface area contributed by atoms with Crippen LogP contribution in [-0.4, -0.2) is 31.1 Å². The molecule has 0 heterocycles. The molecule has 0 bridgehead atoms. The van der Waals surface area contributed by atoms with Gasteiger partial charge in [-0.05, 0) is 18.2 Å². The Morgan fingerprint density at radius 1 is 1.28 bits per heavy atom. The van der Waals surface area contributed by atoms with Crippen LogP contribution in [-0.2, 0) is 9.59 Å². The van der Waals surface area contributed by atoms with Gasteiger partial charge in [-0.1, -0.05) is 12.1 Å². The number of benzene rings is 1. The first kappa shape index (κ1) is 13.8. The minimum absolute atomic E-state index is 0.479. The fraction of sp³-hybridized carbons (Fsp3) is 0.231. The third kappa shape index (κ3) is 3.62. The van der Waals surface area contributed by atoms with E-state index in [2.05, 4.69) is 0 Å². The molecule has 0 spiro atoms. The summed E-state index contributed by atoms with van der Waals surface area (Å²) in [5.74, 6) is -0.584. The van der Waals surface area contributed by atoms with E-state index in [-0.39, 0.29) is 0 Å². The quantitative estimate of drug-likeness (QED) is 0.615. The summed E-state index contributed by atoms with van der Waals surface area (Å²) in [6.45, 7) is 0. The molecule has 0 unspecified atom stereocenters. The SMILES string of the molecule is COc1cccc(/C=C\C(=O)CC(=O)O)c1OC. The molecule has 0 aliphatic rings. The van der Waals surface area contributed by atoms with Crippen molar-refractivity contribution in [1.82, 2.24) is 0 Å². The maximum atomic E-state index is 11.2. The molecular weight excluding hydrogens is 236 g/mol. The van der Waals surface area contributed by atoms with E-state index in [9.17, 15) is 9.59 Å². The van der Waals surface area contributed by atoms with Crippen LogP contribution >= 0.6 is 0 Å². The number of carbonyl (C=O) groups is 2. The van der Waals surface area contributed by atoms with Crippen molar-refractivity contribution in [2.75, 3.05) is 14.2 Å². The van der Waals surface area contributed by atoms with Gasteiger partial charge in [0.2, 0.25) is 0 Å². The second-order valence-electron chi connectivity index (χ2n) is 3.45. The van der Waals surface area contributed by atoms with Crippen LogP contribution in [0.3, 0.4) is 0 Å². The molecule has 5 heteroatoms. The average Bonchev–Trinajstić information content (AvgIpc) is 2.34. The minimum atomic E-state index is -1.15. The predicted molar refractivity (Wildman–Crippen MR) is 65.8 cm³/mol. The number of hydrogen-bond donors (Lipinski definition) is 1. The number of para-hydroxylation sites is 1. The zero-order valence-electron chi connectivity index (χ0n) is 10.2. The van der Waals surface area contributed by atoms with Crippen molar-refractivity contribution in [2.24, 2.45) is 0 Å². The van der Waals surface area contributed by atoms with E-state index in [1.165, 1.54) is 26.4 Å². The Hall–Kier alpha value is -2.30. The van der Waals surface area contributed by atoms with Crippen LogP contribution in [0, 0.1) is 0 Å². The molecule has 1 N–H and O–H groups in total. The fourth-order valence-electron chi connectivity index (χ4n) is 1.43. The van der Waals surface area contributed by atoms with E-state index in [0.29, 0.717) is 17.1 Å². The Bertz CT molecular complexity index is 476. The van der Waals surface area contributed by atoms with Gasteiger partial charge >= 0.3 is 5.97 Å². The molecule has 1 rings (SSSR count). The highest BCUT2D eigenvalue weighted by Gasteiger charge is 2.08. The van der Waals surface area contributed by atoms with Gasteiger partial charge in [-0.2, -0.15) is 0 Å². The molecule has 0 radical (unpaired) electrons. The molecule has 0 amide bonds. The molecule has 0 aromatic heterocycles. The number of aliphatic carboxylic acids is 1. The van der Waals surface area contributed by atoms with Gasteiger partial charge in [0.25, 0.3) is 0 Å². The molecule has 5 nitrogen and oxygen atoms in total. The first-order valence-corrected chi connectivity index (χ1v) is 5.22. The van der Waals surface area contributed by atoms with Crippen LogP contribution in [0.1, 0.15) is 12.0 Å². The lowest BCUT2D eigenvalue weighted by atomic mass is 10.1. The van der Waals surface area contributed by atoms with Crippen molar-refractivity contribution < 1.29 is 24.2 Å². The Labute approximate surface area is 105 Å². The highest BCUT2D eigenvalue weighted by molar-refractivity contribution is 6.03. The van der Waals surface area contributed by atoms with Gasteiger partial charge in [-0.25, -0.2) is 0 Å². The van der Waals surface area contributed by atoms with Crippen LogP contribution in [0.4, 0.5) is 0 Å². The van der Waals surface area contributed by atoms with E-state index in [4.69, 9.17) is 14.6 Å². The van der Waals surface area contributed by atoms with Crippen molar-refractivity contribution >= 4 is 17.8 Å². The normalized spacial score (nSPS) is 10.3. The Kier molecular flexibility index (Phi) is 4.92. The molecule has 1 aromatic carbocycles. The lowest BCUT2D eigenvalue weighted by Gasteiger charge is -2.09. The zero-order valence-corrected chi connectivity index (χ0v) is 10.2. The maximum Gasteiger partial charge on any atom is 0.311 e. The molecule has 0 aliphatic carbocycles. The molecule has 0 aliphatic heterocycles. The second-order valence-corrected chi connectivity index (χ2v) is 3.45. The number of carbonyl (C=O) groups excluding carboxylic acids is 1. The number of ether oxygens (including phenoxy) is 2. The summed E-state index contributed by atoms with van der Waals surface area (Å²) >= 11 is 0. The van der Waals surface area contributed by atoms with E-state index >= 15 is 0 Å². The summed E-state index contributed by atoms with van der Waals surface area (Å²) in [5, 5.41) is 8.46. The molecule has 0 saturated carbocycles. The Balaban J connectivity index is 2.93. The molecule has 0 saturated heterocycles. The highest BCUT2D eigenvalue weighted by atomic mass is 16.5. The monoisotopic (exact) mass is 250 g/mol. The van der Waals surface area contributed by atoms with Gasteiger partial charge < -0.3 is 14.6 Å². The van der Waals surface area contributed by atoms with Crippen molar-refractivity contribution in [1.29, 1.82) is 0 Å². The first-order valence-electron chi connectivity index (χ1n) is 5.22. The highest BCUT2D eigenvalue weighted by Crippen LogP contribution is 2.31. The standard InChI is InChI=1S/C13H14O5/c1-17-11-5-3-4-9(13(11)18-2)6-7-10(14)8-12(15)16/h3-7H,8H2,1-2H3,(H,15,16)/b7-6-. The van der Waals surface area contributed by atoms with Gasteiger partial charge in [-0.3, -0.25) is 9.59 Å². The van der Waals surface area contributed by atoms with Crippen LogP contribution in [0.2, 0.25) is 0 Å². The first-order chi connectivity index (χ1) is 8.58. The number of allylic oxidation sites excluding steroid dienone is 1. The van der Waals surface area contributed by atoms with Crippen LogP contribution in [0.15, 0.2) is 24.3 Å². The molecule has 18 heavy (non-hydrogen) atoms. The minimum Gasteiger partial charge on any atom is -0.493 e. The zero-order chi connectivity index (χ0) is 13.5. The molecular formula is C13H14O5. The van der Waals surface area contributed by atoms with Crippen LogP contribution in [0.5, 0.6) is 11.5 Å². The van der Waals surface area contributed by atoms with Crippen molar-refractivity contribution in [3.63, 3.8) is 0 Å². The third-order valence-electron chi connectivity index (χ3n) is 2.21. The molecule has 0 atom stereocenters. The largest absolute Gasteiger partial charge is 0.493 e. The predicted octanol–water partition coefficient (Wildman–Crippen LogP) is 1.76. The van der Waals surface area contributed by atoms with Gasteiger partial charge in [0.15, 0.2) is 17.3 Å². The fourth-order valence-corrected chi connectivity index (χ4v) is 1.43. The number of rotatable bonds is 6. The molecule has 1 aromatic rings. The molecule has 0 fully saturated rings. The lowest BCUT2D eigenvalue weighted by molar-refractivity contribution is -0.139. The van der Waals surface area contributed by atoms with Gasteiger partial charge in [0, 0.05) is 5.56 Å². The number of methoxy groups -OCH3 is 2. The number of ketones is 1. The summed E-state index contributed by atoms with van der Waals surface area (Å²) in [6, 6.07) is 5.23. The summed E-state index contributed by atoms with van der Waals surface area (Å²) in [7, 11) is 3.01. The van der Waals surface area contributed by atoms with Gasteiger partial charge in [-0.15, -0.1) is 0 Å². The summed E-state index contributed by atoms with van der Waals surface area (Å²) in [6.07, 6.45) is 2.20. The Morgan fingerprint density at radius 2 is 2.00 bits per heavy atom. The molecule has 96 valence electrons. The van der Waals surface area contributed by atoms with E-state index in [1.807, 2.05) is 0 Å². The van der Waals surface area contributed by atoms with E-state index < -0.39 is 18.2 Å². The van der Waals surface area contributed by atoms with E-state index in [0.717, 1.165) is 0 Å². The third-order valence-corrected chi connectivity index (χ3v) is 2.21. The summed E-state index contributed by atoms with van der Waals surface area (Å²) in [5.41, 5.74) is 0.649.